The minimum Gasteiger partial charge on any atom is -0.352 e. The minimum absolute atomic E-state index is 0.0868. The molecule has 3 heterocycles. The molecule has 1 fully saturated rings. The van der Waals surface area contributed by atoms with Gasteiger partial charge in [-0.15, -0.1) is 11.3 Å². The second kappa shape index (κ2) is 7.26. The fraction of sp³-hybridized carbons (Fsp3) is 0.474. The number of hydrogen-bond donors (Lipinski definition) is 1. The maximum absolute atomic E-state index is 13.0. The van der Waals surface area contributed by atoms with Crippen LogP contribution in [0.5, 0.6) is 0 Å². The molecule has 4 rings (SSSR count). The van der Waals surface area contributed by atoms with E-state index in [4.69, 9.17) is 0 Å². The molecule has 0 unspecified atom stereocenters. The van der Waals surface area contributed by atoms with Crippen molar-refractivity contribution in [1.29, 1.82) is 0 Å². The molecular weight excluding hydrogens is 364 g/mol. The maximum atomic E-state index is 13.0. The first-order valence-electron chi connectivity index (χ1n) is 9.40. The summed E-state index contributed by atoms with van der Waals surface area (Å²) < 4.78 is 3.16. The van der Waals surface area contributed by atoms with Gasteiger partial charge in [-0.25, -0.2) is 9.78 Å². The lowest BCUT2D eigenvalue weighted by Crippen LogP contribution is -2.43. The summed E-state index contributed by atoms with van der Waals surface area (Å²) in [5.41, 5.74) is -0.209. The van der Waals surface area contributed by atoms with E-state index >= 15 is 0 Å². The molecule has 0 bridgehead atoms. The Bertz CT molecular complexity index is 1120. The van der Waals surface area contributed by atoms with Gasteiger partial charge in [-0.2, -0.15) is 0 Å². The molecule has 0 spiro atoms. The number of aromatic nitrogens is 3. The molecule has 0 aromatic carbocycles. The molecule has 3 aromatic heterocycles. The van der Waals surface area contributed by atoms with Crippen molar-refractivity contribution in [3.05, 3.63) is 39.2 Å². The third-order valence-electron chi connectivity index (χ3n) is 5.08. The fourth-order valence-corrected chi connectivity index (χ4v) is 4.93. The zero-order valence-electron chi connectivity index (χ0n) is 15.2. The van der Waals surface area contributed by atoms with Crippen LogP contribution in [0.2, 0.25) is 0 Å². The monoisotopic (exact) mass is 386 g/mol. The molecular formula is C19H22N4O3S. The SMILES string of the molecule is CCCn1c(=O)c2sc3ncccc3c2n(CC(=O)NC2CCCC2)c1=O. The summed E-state index contributed by atoms with van der Waals surface area (Å²) >= 11 is 1.28. The Hall–Kier alpha value is -2.48. The van der Waals surface area contributed by atoms with E-state index in [1.165, 1.54) is 20.5 Å². The highest BCUT2D eigenvalue weighted by atomic mass is 32.1. The van der Waals surface area contributed by atoms with Gasteiger partial charge in [0, 0.05) is 24.2 Å². The predicted molar refractivity (Wildman–Crippen MR) is 106 cm³/mol. The van der Waals surface area contributed by atoms with E-state index in [2.05, 4.69) is 10.3 Å². The van der Waals surface area contributed by atoms with Crippen molar-refractivity contribution >= 4 is 37.7 Å². The quantitative estimate of drug-likeness (QED) is 0.729. The van der Waals surface area contributed by atoms with Crippen LogP contribution in [0.15, 0.2) is 27.9 Å². The lowest BCUT2D eigenvalue weighted by atomic mass is 10.2. The summed E-state index contributed by atoms with van der Waals surface area (Å²) in [6.07, 6.45) is 6.54. The molecule has 142 valence electrons. The molecule has 0 radical (unpaired) electrons. The Morgan fingerprint density at radius 2 is 2.07 bits per heavy atom. The minimum atomic E-state index is -0.431. The number of amides is 1. The Balaban J connectivity index is 1.87. The number of carbonyl (C=O) groups excluding carboxylic acids is 1. The second-order valence-electron chi connectivity index (χ2n) is 7.01. The third-order valence-corrected chi connectivity index (χ3v) is 6.17. The van der Waals surface area contributed by atoms with E-state index in [9.17, 15) is 14.4 Å². The largest absolute Gasteiger partial charge is 0.352 e. The molecule has 0 atom stereocenters. The fourth-order valence-electron chi connectivity index (χ4n) is 3.84. The van der Waals surface area contributed by atoms with Crippen molar-refractivity contribution in [2.24, 2.45) is 0 Å². The number of nitrogens with one attached hydrogen (secondary N) is 1. The van der Waals surface area contributed by atoms with Crippen LogP contribution in [0, 0.1) is 0 Å². The standard InChI is InChI=1S/C19H22N4O3S/c1-2-10-22-18(25)16-15(13-8-5-9-20-17(13)27-16)23(19(22)26)11-14(24)21-12-6-3-4-7-12/h5,8-9,12H,2-4,6-7,10-11H2,1H3,(H,21,24). The van der Waals surface area contributed by atoms with Crippen molar-refractivity contribution in [2.75, 3.05) is 0 Å². The van der Waals surface area contributed by atoms with Crippen LogP contribution in [-0.2, 0) is 17.9 Å². The van der Waals surface area contributed by atoms with Crippen LogP contribution < -0.4 is 16.6 Å². The lowest BCUT2D eigenvalue weighted by Gasteiger charge is -2.15. The highest BCUT2D eigenvalue weighted by Gasteiger charge is 2.22. The predicted octanol–water partition coefficient (Wildman–Crippen LogP) is 2.24. The molecule has 1 aliphatic carbocycles. The average Bonchev–Trinajstić information content (AvgIpc) is 3.30. The Labute approximate surface area is 159 Å². The Kier molecular flexibility index (Phi) is 4.82. The molecule has 1 N–H and O–H groups in total. The van der Waals surface area contributed by atoms with E-state index in [0.29, 0.717) is 28.0 Å². The number of fused-ring (bicyclic) bond motifs is 3. The smallest absolute Gasteiger partial charge is 0.332 e. The van der Waals surface area contributed by atoms with Gasteiger partial charge in [0.05, 0.1) is 5.52 Å². The molecule has 27 heavy (non-hydrogen) atoms. The summed E-state index contributed by atoms with van der Waals surface area (Å²) in [5.74, 6) is -0.185. The Morgan fingerprint density at radius 1 is 1.30 bits per heavy atom. The van der Waals surface area contributed by atoms with Crippen molar-refractivity contribution in [3.63, 3.8) is 0 Å². The summed E-state index contributed by atoms with van der Waals surface area (Å²) in [6.45, 7) is 2.16. The van der Waals surface area contributed by atoms with Gasteiger partial charge in [-0.3, -0.25) is 18.7 Å². The van der Waals surface area contributed by atoms with Crippen molar-refractivity contribution in [3.8, 4) is 0 Å². The van der Waals surface area contributed by atoms with Gasteiger partial charge >= 0.3 is 5.69 Å². The van der Waals surface area contributed by atoms with Crippen LogP contribution in [0.3, 0.4) is 0 Å². The molecule has 1 aliphatic rings. The first kappa shape index (κ1) is 17.9. The van der Waals surface area contributed by atoms with Gasteiger partial charge in [-0.1, -0.05) is 19.8 Å². The second-order valence-corrected chi connectivity index (χ2v) is 8.01. The zero-order chi connectivity index (χ0) is 19.0. The van der Waals surface area contributed by atoms with Crippen molar-refractivity contribution in [1.82, 2.24) is 19.4 Å². The van der Waals surface area contributed by atoms with Crippen LogP contribution in [0.4, 0.5) is 0 Å². The first-order chi connectivity index (χ1) is 13.1. The van der Waals surface area contributed by atoms with E-state index < -0.39 is 5.69 Å². The van der Waals surface area contributed by atoms with Gasteiger partial charge < -0.3 is 5.32 Å². The summed E-state index contributed by atoms with van der Waals surface area (Å²) in [4.78, 5) is 43.5. The van der Waals surface area contributed by atoms with Crippen LogP contribution >= 0.6 is 11.3 Å². The maximum Gasteiger partial charge on any atom is 0.332 e. The Morgan fingerprint density at radius 3 is 2.81 bits per heavy atom. The molecule has 8 heteroatoms. The zero-order valence-corrected chi connectivity index (χ0v) is 16.1. The van der Waals surface area contributed by atoms with Crippen LogP contribution in [-0.4, -0.2) is 26.1 Å². The molecule has 1 saturated carbocycles. The molecule has 0 saturated heterocycles. The van der Waals surface area contributed by atoms with Gasteiger partial charge in [0.25, 0.3) is 5.56 Å². The topological polar surface area (TPSA) is 86.0 Å². The van der Waals surface area contributed by atoms with Gasteiger partial charge in [-0.05, 0) is 31.4 Å². The normalized spacial score (nSPS) is 15.0. The van der Waals surface area contributed by atoms with Gasteiger partial charge in [0.1, 0.15) is 16.1 Å². The average molecular weight is 386 g/mol. The number of hydrogen-bond acceptors (Lipinski definition) is 5. The van der Waals surface area contributed by atoms with E-state index in [0.717, 1.165) is 31.1 Å². The van der Waals surface area contributed by atoms with Crippen molar-refractivity contribution < 1.29 is 4.79 Å². The molecule has 1 amide bonds. The number of pyridine rings is 1. The third kappa shape index (κ3) is 3.18. The van der Waals surface area contributed by atoms with Crippen LogP contribution in [0.25, 0.3) is 20.4 Å². The van der Waals surface area contributed by atoms with Crippen LogP contribution in [0.1, 0.15) is 39.0 Å². The highest BCUT2D eigenvalue weighted by Crippen LogP contribution is 2.29. The molecule has 7 nitrogen and oxygen atoms in total. The van der Waals surface area contributed by atoms with Crippen molar-refractivity contribution in [2.45, 2.75) is 58.2 Å². The van der Waals surface area contributed by atoms with E-state index in [1.807, 2.05) is 13.0 Å². The number of nitrogens with zero attached hydrogens (tertiary/aromatic N) is 3. The number of rotatable bonds is 5. The van der Waals surface area contributed by atoms with Gasteiger partial charge in [0.15, 0.2) is 0 Å². The number of carbonyl (C=O) groups is 1. The number of thiophene rings is 1. The molecule has 0 aliphatic heterocycles. The van der Waals surface area contributed by atoms with E-state index in [1.54, 1.807) is 12.3 Å². The summed E-state index contributed by atoms with van der Waals surface area (Å²) in [7, 11) is 0. The lowest BCUT2D eigenvalue weighted by molar-refractivity contribution is -0.122. The first-order valence-corrected chi connectivity index (χ1v) is 10.2. The molecule has 3 aromatic rings. The van der Waals surface area contributed by atoms with Gasteiger partial charge in [0.2, 0.25) is 5.91 Å². The summed E-state index contributed by atoms with van der Waals surface area (Å²) in [6, 6.07) is 3.81. The summed E-state index contributed by atoms with van der Waals surface area (Å²) in [5, 5.41) is 3.77. The highest BCUT2D eigenvalue weighted by molar-refractivity contribution is 7.25. The van der Waals surface area contributed by atoms with E-state index in [-0.39, 0.29) is 24.1 Å².